The summed E-state index contributed by atoms with van der Waals surface area (Å²) in [6, 6.07) is 6.34. The summed E-state index contributed by atoms with van der Waals surface area (Å²) in [6.45, 7) is 2.43. The Kier molecular flexibility index (Phi) is 6.67. The van der Waals surface area contributed by atoms with E-state index in [2.05, 4.69) is 16.2 Å². The van der Waals surface area contributed by atoms with E-state index >= 15 is 0 Å². The van der Waals surface area contributed by atoms with Gasteiger partial charge in [0.05, 0.1) is 12.5 Å². The summed E-state index contributed by atoms with van der Waals surface area (Å²) in [5, 5.41) is 12.3. The fourth-order valence-electron chi connectivity index (χ4n) is 4.63. The Balaban J connectivity index is 1.60. The Bertz CT molecular complexity index is 689. The van der Waals surface area contributed by atoms with Gasteiger partial charge in [0.2, 0.25) is 5.91 Å². The number of carbonyl (C=O) groups is 2. The van der Waals surface area contributed by atoms with Gasteiger partial charge < -0.3 is 10.4 Å². The number of halogens is 1. The Hall–Kier alpha value is -1.99. The third-order valence-corrected chi connectivity index (χ3v) is 6.29. The largest absolute Gasteiger partial charge is 0.481 e. The highest BCUT2D eigenvalue weighted by atomic mass is 19.1. The van der Waals surface area contributed by atoms with Crippen LogP contribution in [0.3, 0.4) is 0 Å². The number of carboxylic acid groups (broad SMARTS) is 1. The topological polar surface area (TPSA) is 90.5 Å². The quantitative estimate of drug-likeness (QED) is 0.574. The molecular formula is C21H30FN3O3. The molecule has 0 spiro atoms. The van der Waals surface area contributed by atoms with Crippen molar-refractivity contribution >= 4 is 11.9 Å². The van der Waals surface area contributed by atoms with Crippen molar-refractivity contribution in [1.29, 1.82) is 0 Å². The maximum absolute atomic E-state index is 13.2. The first-order valence-corrected chi connectivity index (χ1v) is 10.1. The molecule has 7 heteroatoms. The molecule has 3 rings (SSSR count). The van der Waals surface area contributed by atoms with Crippen LogP contribution in [0.2, 0.25) is 0 Å². The zero-order valence-corrected chi connectivity index (χ0v) is 16.3. The zero-order chi connectivity index (χ0) is 20.1. The van der Waals surface area contributed by atoms with Gasteiger partial charge in [-0.25, -0.2) is 9.82 Å². The Morgan fingerprint density at radius 3 is 2.50 bits per heavy atom. The maximum Gasteiger partial charge on any atom is 0.303 e. The van der Waals surface area contributed by atoms with Crippen LogP contribution < -0.4 is 16.2 Å². The van der Waals surface area contributed by atoms with E-state index in [1.807, 2.05) is 6.92 Å². The minimum Gasteiger partial charge on any atom is -0.481 e. The lowest BCUT2D eigenvalue weighted by Crippen LogP contribution is -2.41. The molecule has 4 N–H and O–H groups in total. The van der Waals surface area contributed by atoms with Crippen molar-refractivity contribution < 1.29 is 19.1 Å². The van der Waals surface area contributed by atoms with Gasteiger partial charge in [0.15, 0.2) is 0 Å². The summed E-state index contributed by atoms with van der Waals surface area (Å²) in [5.74, 6) is -1.13. The Morgan fingerprint density at radius 1 is 1.18 bits per heavy atom. The van der Waals surface area contributed by atoms with E-state index < -0.39 is 5.97 Å². The first-order valence-electron chi connectivity index (χ1n) is 10.1. The summed E-state index contributed by atoms with van der Waals surface area (Å²) in [4.78, 5) is 24.0. The third-order valence-electron chi connectivity index (χ3n) is 6.29. The molecule has 1 aromatic rings. The van der Waals surface area contributed by atoms with Crippen molar-refractivity contribution in [3.05, 3.63) is 35.6 Å². The number of hydrogen-bond acceptors (Lipinski definition) is 4. The predicted octanol–water partition coefficient (Wildman–Crippen LogP) is 2.91. The number of benzene rings is 1. The molecule has 1 saturated carbocycles. The van der Waals surface area contributed by atoms with Crippen molar-refractivity contribution in [3.63, 3.8) is 0 Å². The summed E-state index contributed by atoms with van der Waals surface area (Å²) >= 11 is 0. The Morgan fingerprint density at radius 2 is 1.86 bits per heavy atom. The summed E-state index contributed by atoms with van der Waals surface area (Å²) < 4.78 is 13.2. The van der Waals surface area contributed by atoms with Crippen LogP contribution in [0.4, 0.5) is 4.39 Å². The lowest BCUT2D eigenvalue weighted by Gasteiger charge is -2.36. The second-order valence-electron chi connectivity index (χ2n) is 8.38. The highest BCUT2D eigenvalue weighted by molar-refractivity contribution is 5.76. The molecular weight excluding hydrogens is 361 g/mol. The smallest absolute Gasteiger partial charge is 0.303 e. The van der Waals surface area contributed by atoms with Crippen molar-refractivity contribution in [2.45, 2.75) is 64.0 Å². The molecule has 2 aliphatic rings. The minimum absolute atomic E-state index is 0.0206. The van der Waals surface area contributed by atoms with Crippen molar-refractivity contribution in [2.24, 2.45) is 11.3 Å². The number of carbonyl (C=O) groups excluding carboxylic acids is 1. The van der Waals surface area contributed by atoms with Gasteiger partial charge in [-0.05, 0) is 42.9 Å². The number of carboxylic acids is 1. The van der Waals surface area contributed by atoms with Gasteiger partial charge in [0.25, 0.3) is 0 Å². The first kappa shape index (κ1) is 20.7. The molecule has 28 heavy (non-hydrogen) atoms. The van der Waals surface area contributed by atoms with Crippen LogP contribution in [-0.2, 0) is 9.59 Å². The lowest BCUT2D eigenvalue weighted by atomic mass is 9.71. The van der Waals surface area contributed by atoms with Gasteiger partial charge in [-0.3, -0.25) is 15.0 Å². The Labute approximate surface area is 165 Å². The SMILES string of the molecule is CC1NNC(c2ccc(F)cc2)C1CC(=O)NCC1(CC(=O)O)CCCCC1. The molecule has 3 atom stereocenters. The zero-order valence-electron chi connectivity index (χ0n) is 16.3. The summed E-state index contributed by atoms with van der Waals surface area (Å²) in [6.07, 6.45) is 5.29. The molecule has 1 heterocycles. The average molecular weight is 391 g/mol. The second-order valence-corrected chi connectivity index (χ2v) is 8.38. The van der Waals surface area contributed by atoms with Gasteiger partial charge in [0.1, 0.15) is 5.82 Å². The van der Waals surface area contributed by atoms with Crippen LogP contribution in [-0.4, -0.2) is 29.6 Å². The van der Waals surface area contributed by atoms with Gasteiger partial charge >= 0.3 is 5.97 Å². The van der Waals surface area contributed by atoms with Crippen LogP contribution in [0, 0.1) is 17.2 Å². The molecule has 0 aromatic heterocycles. The van der Waals surface area contributed by atoms with Crippen LogP contribution in [0.15, 0.2) is 24.3 Å². The molecule has 0 bridgehead atoms. The second kappa shape index (κ2) is 9.01. The van der Waals surface area contributed by atoms with E-state index in [1.165, 1.54) is 12.1 Å². The minimum atomic E-state index is -0.801. The number of hydrazine groups is 1. The van der Waals surface area contributed by atoms with E-state index in [-0.39, 0.29) is 41.6 Å². The highest BCUT2D eigenvalue weighted by Crippen LogP contribution is 2.39. The van der Waals surface area contributed by atoms with E-state index in [4.69, 9.17) is 0 Å². The molecule has 1 aliphatic heterocycles. The van der Waals surface area contributed by atoms with Gasteiger partial charge in [-0.2, -0.15) is 0 Å². The van der Waals surface area contributed by atoms with Crippen molar-refractivity contribution in [3.8, 4) is 0 Å². The first-order chi connectivity index (χ1) is 13.4. The number of nitrogens with one attached hydrogen (secondary N) is 3. The standard InChI is InChI=1S/C21H30FN3O3/c1-14-17(20(25-24-14)15-5-7-16(22)8-6-15)11-18(26)23-13-21(12-19(27)28)9-3-2-4-10-21/h5-8,14,17,20,24-25H,2-4,9-13H2,1H3,(H,23,26)(H,27,28). The molecule has 2 fully saturated rings. The van der Waals surface area contributed by atoms with E-state index in [0.29, 0.717) is 13.0 Å². The molecule has 6 nitrogen and oxygen atoms in total. The summed E-state index contributed by atoms with van der Waals surface area (Å²) in [5.41, 5.74) is 6.99. The van der Waals surface area contributed by atoms with Crippen molar-refractivity contribution in [2.75, 3.05) is 6.54 Å². The fraction of sp³-hybridized carbons (Fsp3) is 0.619. The number of aliphatic carboxylic acids is 1. The molecule has 0 radical (unpaired) electrons. The van der Waals surface area contributed by atoms with Gasteiger partial charge in [0, 0.05) is 24.9 Å². The molecule has 3 unspecified atom stereocenters. The number of amides is 1. The fourth-order valence-corrected chi connectivity index (χ4v) is 4.63. The average Bonchev–Trinajstić information content (AvgIpc) is 3.01. The van der Waals surface area contributed by atoms with Crippen LogP contribution in [0.25, 0.3) is 0 Å². The lowest BCUT2D eigenvalue weighted by molar-refractivity contribution is -0.140. The summed E-state index contributed by atoms with van der Waals surface area (Å²) in [7, 11) is 0. The molecule has 1 amide bonds. The van der Waals surface area contributed by atoms with Gasteiger partial charge in [-0.15, -0.1) is 0 Å². The van der Waals surface area contributed by atoms with E-state index in [0.717, 1.165) is 37.7 Å². The van der Waals surface area contributed by atoms with E-state index in [9.17, 15) is 19.1 Å². The number of hydrogen-bond donors (Lipinski definition) is 4. The molecule has 154 valence electrons. The van der Waals surface area contributed by atoms with Crippen LogP contribution in [0.1, 0.15) is 63.5 Å². The normalized spacial score (nSPS) is 26.7. The van der Waals surface area contributed by atoms with Gasteiger partial charge in [-0.1, -0.05) is 31.4 Å². The van der Waals surface area contributed by atoms with Crippen LogP contribution >= 0.6 is 0 Å². The predicted molar refractivity (Wildman–Crippen MR) is 104 cm³/mol. The molecule has 1 saturated heterocycles. The molecule has 1 aliphatic carbocycles. The maximum atomic E-state index is 13.2. The third kappa shape index (κ3) is 5.08. The molecule has 1 aromatic carbocycles. The van der Waals surface area contributed by atoms with Crippen LogP contribution in [0.5, 0.6) is 0 Å². The van der Waals surface area contributed by atoms with Crippen molar-refractivity contribution in [1.82, 2.24) is 16.2 Å². The highest BCUT2D eigenvalue weighted by Gasteiger charge is 2.37. The van der Waals surface area contributed by atoms with E-state index in [1.54, 1.807) is 12.1 Å². The number of rotatable bonds is 7. The monoisotopic (exact) mass is 391 g/mol.